The van der Waals surface area contributed by atoms with Crippen LogP contribution < -0.4 is 0 Å². The molecule has 0 atom stereocenters. The zero-order valence-electron chi connectivity index (χ0n) is 12.8. The Balaban J connectivity index is 1.51. The second-order valence-electron chi connectivity index (χ2n) is 5.99. The quantitative estimate of drug-likeness (QED) is 0.626. The first kappa shape index (κ1) is 16.8. The summed E-state index contributed by atoms with van der Waals surface area (Å²) in [5.41, 5.74) is 2.36. The number of benzene rings is 1. The topological polar surface area (TPSA) is 20.3 Å². The van der Waals surface area contributed by atoms with Crippen LogP contribution in [0.15, 0.2) is 35.0 Å². The summed E-state index contributed by atoms with van der Waals surface area (Å²) in [6, 6.07) is 8.23. The summed E-state index contributed by atoms with van der Waals surface area (Å²) in [7, 11) is 0. The second kappa shape index (κ2) is 7.69. The summed E-state index contributed by atoms with van der Waals surface area (Å²) < 4.78 is 0. The van der Waals surface area contributed by atoms with E-state index in [2.05, 4.69) is 21.7 Å². The molecule has 0 N–H and O–H groups in total. The van der Waals surface area contributed by atoms with Gasteiger partial charge in [0.15, 0.2) is 0 Å². The summed E-state index contributed by atoms with van der Waals surface area (Å²) in [6.07, 6.45) is 4.55. The van der Waals surface area contributed by atoms with Gasteiger partial charge in [-0.2, -0.15) is 11.3 Å². The van der Waals surface area contributed by atoms with E-state index < -0.39 is 0 Å². The van der Waals surface area contributed by atoms with Gasteiger partial charge < -0.3 is 4.90 Å². The number of nitrogens with zero attached hydrogens (tertiary/aromatic N) is 1. The van der Waals surface area contributed by atoms with Gasteiger partial charge in [-0.1, -0.05) is 29.3 Å². The summed E-state index contributed by atoms with van der Waals surface area (Å²) in [5, 5.41) is 5.34. The lowest BCUT2D eigenvalue weighted by atomic mass is 10.1. The minimum absolute atomic E-state index is 0.263. The van der Waals surface area contributed by atoms with Gasteiger partial charge in [0.1, 0.15) is 0 Å². The lowest BCUT2D eigenvalue weighted by Crippen LogP contribution is -2.32. The zero-order chi connectivity index (χ0) is 16.2. The Labute approximate surface area is 151 Å². The van der Waals surface area contributed by atoms with Crippen molar-refractivity contribution in [1.82, 2.24) is 4.90 Å². The number of aryl methyl sites for hydroxylation is 1. The molecule has 0 radical (unpaired) electrons. The van der Waals surface area contributed by atoms with Crippen LogP contribution in [0.2, 0.25) is 10.0 Å². The van der Waals surface area contributed by atoms with Crippen molar-refractivity contribution in [1.29, 1.82) is 0 Å². The van der Waals surface area contributed by atoms with Crippen molar-refractivity contribution in [2.75, 3.05) is 0 Å². The number of rotatable bonds is 7. The van der Waals surface area contributed by atoms with E-state index in [4.69, 9.17) is 23.2 Å². The molecule has 1 saturated carbocycles. The molecule has 1 amide bonds. The molecule has 3 rings (SSSR count). The Morgan fingerprint density at radius 2 is 2.00 bits per heavy atom. The van der Waals surface area contributed by atoms with Gasteiger partial charge in [-0.3, -0.25) is 4.79 Å². The highest BCUT2D eigenvalue weighted by Crippen LogP contribution is 2.30. The van der Waals surface area contributed by atoms with Gasteiger partial charge in [0.05, 0.1) is 10.0 Å². The standard InChI is InChI=1S/C18H19Cl2NOS/c19-16-7-4-13(10-17(16)20)2-1-3-18(22)21(15-5-6-15)11-14-8-9-23-12-14/h4,7-10,12,15H,1-3,5-6,11H2. The SMILES string of the molecule is O=C(CCCc1ccc(Cl)c(Cl)c1)N(Cc1ccsc1)C1CC1. The van der Waals surface area contributed by atoms with Crippen LogP contribution >= 0.6 is 34.5 Å². The highest BCUT2D eigenvalue weighted by molar-refractivity contribution is 7.07. The molecular weight excluding hydrogens is 349 g/mol. The van der Waals surface area contributed by atoms with Crippen molar-refractivity contribution >= 4 is 40.4 Å². The van der Waals surface area contributed by atoms with Gasteiger partial charge in [0.2, 0.25) is 5.91 Å². The van der Waals surface area contributed by atoms with Gasteiger partial charge in [-0.15, -0.1) is 0 Å². The van der Waals surface area contributed by atoms with Crippen LogP contribution in [-0.2, 0) is 17.8 Å². The van der Waals surface area contributed by atoms with Crippen LogP contribution in [0.5, 0.6) is 0 Å². The van der Waals surface area contributed by atoms with Crippen LogP contribution in [0.1, 0.15) is 36.8 Å². The third kappa shape index (κ3) is 4.72. The summed E-state index contributed by atoms with van der Waals surface area (Å²) in [6.45, 7) is 0.750. The molecule has 1 fully saturated rings. The van der Waals surface area contributed by atoms with E-state index in [1.807, 2.05) is 18.2 Å². The van der Waals surface area contributed by atoms with Crippen LogP contribution in [0.25, 0.3) is 0 Å². The number of thiophene rings is 1. The molecule has 0 spiro atoms. The molecule has 0 unspecified atom stereocenters. The molecule has 0 bridgehead atoms. The molecule has 5 heteroatoms. The van der Waals surface area contributed by atoms with Crippen molar-refractivity contribution < 1.29 is 4.79 Å². The second-order valence-corrected chi connectivity index (χ2v) is 7.58. The van der Waals surface area contributed by atoms with Crippen LogP contribution in [0.3, 0.4) is 0 Å². The Kier molecular flexibility index (Phi) is 5.62. The fourth-order valence-corrected chi connectivity index (χ4v) is 3.65. The molecule has 23 heavy (non-hydrogen) atoms. The average Bonchev–Trinajstić information content (AvgIpc) is 3.24. The molecule has 0 saturated heterocycles. The summed E-state index contributed by atoms with van der Waals surface area (Å²) >= 11 is 13.6. The molecule has 122 valence electrons. The van der Waals surface area contributed by atoms with E-state index in [-0.39, 0.29) is 5.91 Å². The highest BCUT2D eigenvalue weighted by atomic mass is 35.5. The minimum Gasteiger partial charge on any atom is -0.335 e. The van der Waals surface area contributed by atoms with Crippen LogP contribution in [-0.4, -0.2) is 16.8 Å². The highest BCUT2D eigenvalue weighted by Gasteiger charge is 2.32. The van der Waals surface area contributed by atoms with Gasteiger partial charge in [0.25, 0.3) is 0 Å². The van der Waals surface area contributed by atoms with E-state index in [0.717, 1.165) is 37.8 Å². The fourth-order valence-electron chi connectivity index (χ4n) is 2.67. The van der Waals surface area contributed by atoms with Crippen molar-refractivity contribution in [3.8, 4) is 0 Å². The Bertz CT molecular complexity index is 668. The maximum atomic E-state index is 12.5. The first-order valence-corrected chi connectivity index (χ1v) is 9.58. The Morgan fingerprint density at radius 3 is 2.65 bits per heavy atom. The largest absolute Gasteiger partial charge is 0.335 e. The van der Waals surface area contributed by atoms with Crippen molar-refractivity contribution in [3.05, 3.63) is 56.2 Å². The van der Waals surface area contributed by atoms with Gasteiger partial charge in [-0.25, -0.2) is 0 Å². The minimum atomic E-state index is 0.263. The molecule has 2 nitrogen and oxygen atoms in total. The number of carbonyl (C=O) groups excluding carboxylic acids is 1. The molecule has 1 aromatic heterocycles. The number of hydrogen-bond acceptors (Lipinski definition) is 2. The molecule has 0 aliphatic heterocycles. The van der Waals surface area contributed by atoms with Gasteiger partial charge in [0, 0.05) is 19.0 Å². The van der Waals surface area contributed by atoms with E-state index in [0.29, 0.717) is 22.5 Å². The monoisotopic (exact) mass is 367 g/mol. The first-order valence-electron chi connectivity index (χ1n) is 7.88. The Hall–Kier alpha value is -1.03. The Morgan fingerprint density at radius 1 is 1.17 bits per heavy atom. The smallest absolute Gasteiger partial charge is 0.223 e. The summed E-state index contributed by atoms with van der Waals surface area (Å²) in [4.78, 5) is 14.6. The average molecular weight is 368 g/mol. The lowest BCUT2D eigenvalue weighted by molar-refractivity contribution is -0.132. The molecule has 1 aliphatic carbocycles. The van der Waals surface area contributed by atoms with Gasteiger partial charge >= 0.3 is 0 Å². The number of carbonyl (C=O) groups is 1. The third-order valence-electron chi connectivity index (χ3n) is 4.08. The molecule has 2 aromatic rings. The number of hydrogen-bond donors (Lipinski definition) is 0. The molecule has 1 aromatic carbocycles. The normalized spacial score (nSPS) is 14.0. The zero-order valence-corrected chi connectivity index (χ0v) is 15.1. The van der Waals surface area contributed by atoms with E-state index in [1.165, 1.54) is 5.56 Å². The predicted molar refractivity (Wildman–Crippen MR) is 97.3 cm³/mol. The molecular formula is C18H19Cl2NOS. The maximum absolute atomic E-state index is 12.5. The third-order valence-corrected chi connectivity index (χ3v) is 5.55. The van der Waals surface area contributed by atoms with Crippen molar-refractivity contribution in [2.24, 2.45) is 0 Å². The van der Waals surface area contributed by atoms with Crippen LogP contribution in [0, 0.1) is 0 Å². The number of halogens is 2. The van der Waals surface area contributed by atoms with Crippen molar-refractivity contribution in [3.63, 3.8) is 0 Å². The molecule has 1 heterocycles. The van der Waals surface area contributed by atoms with Gasteiger partial charge in [-0.05, 0) is 65.8 Å². The maximum Gasteiger partial charge on any atom is 0.223 e. The van der Waals surface area contributed by atoms with Crippen LogP contribution in [0.4, 0.5) is 0 Å². The first-order chi connectivity index (χ1) is 11.1. The molecule has 1 aliphatic rings. The summed E-state index contributed by atoms with van der Waals surface area (Å²) in [5.74, 6) is 0.263. The van der Waals surface area contributed by atoms with E-state index in [1.54, 1.807) is 11.3 Å². The van der Waals surface area contributed by atoms with Crippen molar-refractivity contribution in [2.45, 2.75) is 44.7 Å². The predicted octanol–water partition coefficient (Wildman–Crippen LogP) is 5.57. The lowest BCUT2D eigenvalue weighted by Gasteiger charge is -2.22. The fraction of sp³-hybridized carbons (Fsp3) is 0.389. The van der Waals surface area contributed by atoms with E-state index in [9.17, 15) is 4.79 Å². The number of amides is 1. The van der Waals surface area contributed by atoms with E-state index >= 15 is 0 Å².